The van der Waals surface area contributed by atoms with Crippen LogP contribution in [0.3, 0.4) is 0 Å². The van der Waals surface area contributed by atoms with Crippen molar-refractivity contribution in [2.45, 2.75) is 0 Å². The topological polar surface area (TPSA) is 33.1 Å². The maximum absolute atomic E-state index is 13.4. The van der Waals surface area contributed by atoms with E-state index in [0.717, 1.165) is 16.5 Å². The van der Waals surface area contributed by atoms with Gasteiger partial charge in [0.05, 0.1) is 11.5 Å². The van der Waals surface area contributed by atoms with Crippen LogP contribution in [0.15, 0.2) is 42.7 Å². The number of nitrogens with zero attached hydrogens (tertiary/aromatic N) is 1. The van der Waals surface area contributed by atoms with E-state index >= 15 is 0 Å². The Kier molecular flexibility index (Phi) is 3.44. The maximum Gasteiger partial charge on any atom is 0.138 e. The molecule has 82 valence electrons. The Morgan fingerprint density at radius 3 is 3.00 bits per heavy atom. The molecule has 0 fully saturated rings. The monoisotopic (exact) mass is 235 g/mol. The van der Waals surface area contributed by atoms with Crippen LogP contribution in [0, 0.1) is 0 Å². The number of aliphatic hydroxyl groups excluding tert-OH is 1. The van der Waals surface area contributed by atoms with Crippen LogP contribution >= 0.6 is 11.3 Å². The zero-order valence-corrected chi connectivity index (χ0v) is 9.25. The smallest absolute Gasteiger partial charge is 0.138 e. The number of aromatic nitrogens is 1. The van der Waals surface area contributed by atoms with Crippen molar-refractivity contribution in [1.82, 2.24) is 4.98 Å². The van der Waals surface area contributed by atoms with Crippen LogP contribution in [-0.4, -0.2) is 16.7 Å². The summed E-state index contributed by atoms with van der Waals surface area (Å²) in [6, 6.07) is 7.32. The molecular weight excluding hydrogens is 225 g/mol. The SMILES string of the molecule is OC/C=C(/F)c1ccc(-c2cccnc2)s1. The minimum atomic E-state index is -0.386. The molecule has 0 aliphatic rings. The fraction of sp³-hybridized carbons (Fsp3) is 0.0833. The van der Waals surface area contributed by atoms with Crippen LogP contribution in [0.1, 0.15) is 4.88 Å². The van der Waals surface area contributed by atoms with Crippen molar-refractivity contribution < 1.29 is 9.50 Å². The quantitative estimate of drug-likeness (QED) is 0.886. The van der Waals surface area contributed by atoms with Crippen molar-refractivity contribution in [3.05, 3.63) is 47.6 Å². The van der Waals surface area contributed by atoms with Crippen LogP contribution in [0.2, 0.25) is 0 Å². The van der Waals surface area contributed by atoms with Gasteiger partial charge >= 0.3 is 0 Å². The summed E-state index contributed by atoms with van der Waals surface area (Å²) in [6.07, 6.45) is 4.59. The molecular formula is C12H10FNOS. The van der Waals surface area contributed by atoms with Gasteiger partial charge in [0.15, 0.2) is 0 Å². The lowest BCUT2D eigenvalue weighted by Crippen LogP contribution is -1.75. The van der Waals surface area contributed by atoms with Gasteiger partial charge in [0, 0.05) is 22.8 Å². The summed E-state index contributed by atoms with van der Waals surface area (Å²) < 4.78 is 13.4. The molecule has 0 aliphatic carbocycles. The van der Waals surface area contributed by atoms with Gasteiger partial charge in [0.2, 0.25) is 0 Å². The van der Waals surface area contributed by atoms with Crippen molar-refractivity contribution >= 4 is 17.2 Å². The lowest BCUT2D eigenvalue weighted by Gasteiger charge is -1.94. The molecule has 2 nitrogen and oxygen atoms in total. The highest BCUT2D eigenvalue weighted by atomic mass is 32.1. The number of thiophene rings is 1. The molecule has 0 aromatic carbocycles. The molecule has 16 heavy (non-hydrogen) atoms. The summed E-state index contributed by atoms with van der Waals surface area (Å²) in [4.78, 5) is 5.49. The summed E-state index contributed by atoms with van der Waals surface area (Å²) in [5, 5.41) is 8.60. The zero-order valence-electron chi connectivity index (χ0n) is 8.43. The maximum atomic E-state index is 13.4. The standard InChI is InChI=1S/C12H10FNOS/c13-10(5-7-15)12-4-3-11(16-12)9-2-1-6-14-8-9/h1-6,8,15H,7H2/b10-5+. The second-order valence-corrected chi connectivity index (χ2v) is 4.22. The summed E-state index contributed by atoms with van der Waals surface area (Å²) in [5.41, 5.74) is 0.968. The molecule has 2 heterocycles. The third kappa shape index (κ3) is 2.35. The van der Waals surface area contributed by atoms with E-state index in [2.05, 4.69) is 4.98 Å². The van der Waals surface area contributed by atoms with E-state index in [1.807, 2.05) is 18.2 Å². The van der Waals surface area contributed by atoms with Gasteiger partial charge in [0.25, 0.3) is 0 Å². The van der Waals surface area contributed by atoms with Gasteiger partial charge < -0.3 is 5.11 Å². The number of pyridine rings is 1. The van der Waals surface area contributed by atoms with Crippen LogP contribution in [0.4, 0.5) is 4.39 Å². The molecule has 0 atom stereocenters. The van der Waals surface area contributed by atoms with E-state index in [1.54, 1.807) is 18.5 Å². The van der Waals surface area contributed by atoms with E-state index in [4.69, 9.17) is 5.11 Å². The van der Waals surface area contributed by atoms with Gasteiger partial charge in [-0.3, -0.25) is 4.98 Å². The summed E-state index contributed by atoms with van der Waals surface area (Å²) >= 11 is 1.34. The minimum absolute atomic E-state index is 0.286. The van der Waals surface area contributed by atoms with Gasteiger partial charge in [-0.25, -0.2) is 4.39 Å². The molecule has 1 N–H and O–H groups in total. The van der Waals surface area contributed by atoms with Crippen molar-refractivity contribution in [3.63, 3.8) is 0 Å². The molecule has 0 bridgehead atoms. The molecule has 2 rings (SSSR count). The van der Waals surface area contributed by atoms with Gasteiger partial charge in [-0.15, -0.1) is 11.3 Å². The first-order valence-electron chi connectivity index (χ1n) is 4.78. The number of aliphatic hydroxyl groups is 1. The lowest BCUT2D eigenvalue weighted by molar-refractivity contribution is 0.342. The second-order valence-electron chi connectivity index (χ2n) is 3.14. The number of hydrogen-bond donors (Lipinski definition) is 1. The highest BCUT2D eigenvalue weighted by Gasteiger charge is 2.06. The molecule has 0 spiro atoms. The molecule has 0 saturated carbocycles. The third-order valence-electron chi connectivity index (χ3n) is 2.06. The molecule has 0 unspecified atom stereocenters. The molecule has 0 amide bonds. The fourth-order valence-corrected chi connectivity index (χ4v) is 2.24. The highest BCUT2D eigenvalue weighted by molar-refractivity contribution is 7.16. The van der Waals surface area contributed by atoms with Gasteiger partial charge in [-0.05, 0) is 24.3 Å². The zero-order chi connectivity index (χ0) is 11.4. The Balaban J connectivity index is 2.30. The van der Waals surface area contributed by atoms with Crippen molar-refractivity contribution in [2.24, 2.45) is 0 Å². The number of hydrogen-bond acceptors (Lipinski definition) is 3. The Morgan fingerprint density at radius 2 is 2.31 bits per heavy atom. The molecule has 2 aromatic heterocycles. The summed E-state index contributed by atoms with van der Waals surface area (Å²) in [6.45, 7) is -0.286. The van der Waals surface area contributed by atoms with Crippen molar-refractivity contribution in [1.29, 1.82) is 0 Å². The third-order valence-corrected chi connectivity index (χ3v) is 3.20. The van der Waals surface area contributed by atoms with E-state index in [9.17, 15) is 4.39 Å². The average Bonchev–Trinajstić information content (AvgIpc) is 2.80. The number of halogens is 1. The molecule has 0 aliphatic heterocycles. The highest BCUT2D eigenvalue weighted by Crippen LogP contribution is 2.31. The lowest BCUT2D eigenvalue weighted by atomic mass is 10.2. The van der Waals surface area contributed by atoms with Crippen LogP contribution in [-0.2, 0) is 0 Å². The van der Waals surface area contributed by atoms with E-state index in [0.29, 0.717) is 4.88 Å². The van der Waals surface area contributed by atoms with Crippen molar-refractivity contribution in [2.75, 3.05) is 6.61 Å². The molecule has 4 heteroatoms. The molecule has 0 saturated heterocycles. The Hall–Kier alpha value is -1.52. The largest absolute Gasteiger partial charge is 0.392 e. The Labute approximate surface area is 96.7 Å². The van der Waals surface area contributed by atoms with Gasteiger partial charge in [-0.1, -0.05) is 6.07 Å². The van der Waals surface area contributed by atoms with Crippen molar-refractivity contribution in [3.8, 4) is 10.4 Å². The summed E-state index contributed by atoms with van der Waals surface area (Å²) in [5.74, 6) is -0.386. The van der Waals surface area contributed by atoms with E-state index in [-0.39, 0.29) is 12.4 Å². The first kappa shape index (κ1) is 11.0. The number of rotatable bonds is 3. The second kappa shape index (κ2) is 5.01. The Morgan fingerprint density at radius 1 is 1.44 bits per heavy atom. The normalized spacial score (nSPS) is 11.8. The predicted octanol–water partition coefficient (Wildman–Crippen LogP) is 3.11. The minimum Gasteiger partial charge on any atom is -0.392 e. The first-order valence-corrected chi connectivity index (χ1v) is 5.60. The van der Waals surface area contributed by atoms with Crippen LogP contribution < -0.4 is 0 Å². The van der Waals surface area contributed by atoms with Gasteiger partial charge in [0.1, 0.15) is 5.83 Å². The van der Waals surface area contributed by atoms with Gasteiger partial charge in [-0.2, -0.15) is 0 Å². The van der Waals surface area contributed by atoms with Crippen LogP contribution in [0.5, 0.6) is 0 Å². The Bertz CT molecular complexity index is 493. The van der Waals surface area contributed by atoms with E-state index in [1.165, 1.54) is 11.3 Å². The first-order chi connectivity index (χ1) is 7.81. The average molecular weight is 235 g/mol. The molecule has 2 aromatic rings. The predicted molar refractivity (Wildman–Crippen MR) is 63.7 cm³/mol. The molecule has 0 radical (unpaired) electrons. The van der Waals surface area contributed by atoms with E-state index < -0.39 is 0 Å². The van der Waals surface area contributed by atoms with Crippen LogP contribution in [0.25, 0.3) is 16.3 Å². The fourth-order valence-electron chi connectivity index (χ4n) is 1.31. The summed E-state index contributed by atoms with van der Waals surface area (Å²) in [7, 11) is 0.